The number of H-pyrrole nitrogens is 1. The predicted octanol–water partition coefficient (Wildman–Crippen LogP) is 2.34. The Kier molecular flexibility index (Phi) is 3.32. The summed E-state index contributed by atoms with van der Waals surface area (Å²) in [5, 5.41) is 19.1. The SMILES string of the molecule is Cc1n[nH]c(C)c1CNc1cccc(C(=O)O)c1. The molecule has 0 atom stereocenters. The van der Waals surface area contributed by atoms with Gasteiger partial charge < -0.3 is 10.4 Å². The molecule has 3 N–H and O–H groups in total. The van der Waals surface area contributed by atoms with Gasteiger partial charge in [0.15, 0.2) is 0 Å². The molecular weight excluding hydrogens is 230 g/mol. The van der Waals surface area contributed by atoms with E-state index in [1.165, 1.54) is 0 Å². The number of nitrogens with one attached hydrogen (secondary N) is 2. The van der Waals surface area contributed by atoms with Crippen LogP contribution in [0.15, 0.2) is 24.3 Å². The average Bonchev–Trinajstić information content (AvgIpc) is 2.67. The maximum Gasteiger partial charge on any atom is 0.335 e. The van der Waals surface area contributed by atoms with Crippen LogP contribution in [0.5, 0.6) is 0 Å². The van der Waals surface area contributed by atoms with Gasteiger partial charge in [-0.15, -0.1) is 0 Å². The quantitative estimate of drug-likeness (QED) is 0.772. The summed E-state index contributed by atoms with van der Waals surface area (Å²) in [5.41, 5.74) is 4.15. The number of aromatic carboxylic acids is 1. The van der Waals surface area contributed by atoms with Gasteiger partial charge in [0.2, 0.25) is 0 Å². The molecule has 2 rings (SSSR count). The minimum absolute atomic E-state index is 0.278. The second-order valence-corrected chi connectivity index (χ2v) is 4.15. The van der Waals surface area contributed by atoms with Gasteiger partial charge in [-0.05, 0) is 32.0 Å². The zero-order chi connectivity index (χ0) is 13.1. The summed E-state index contributed by atoms with van der Waals surface area (Å²) in [6.45, 7) is 4.52. The van der Waals surface area contributed by atoms with Crippen molar-refractivity contribution in [1.82, 2.24) is 10.2 Å². The Hall–Kier alpha value is -2.30. The number of rotatable bonds is 4. The fraction of sp³-hybridized carbons (Fsp3) is 0.231. The Labute approximate surface area is 105 Å². The van der Waals surface area contributed by atoms with Gasteiger partial charge in [-0.3, -0.25) is 5.10 Å². The van der Waals surface area contributed by atoms with E-state index in [0.29, 0.717) is 6.54 Å². The first-order valence-corrected chi connectivity index (χ1v) is 5.65. The lowest BCUT2D eigenvalue weighted by Crippen LogP contribution is -2.03. The fourth-order valence-corrected chi connectivity index (χ4v) is 1.79. The van der Waals surface area contributed by atoms with E-state index < -0.39 is 5.97 Å². The van der Waals surface area contributed by atoms with Crippen molar-refractivity contribution in [2.75, 3.05) is 5.32 Å². The molecule has 0 unspecified atom stereocenters. The van der Waals surface area contributed by atoms with Crippen LogP contribution >= 0.6 is 0 Å². The minimum atomic E-state index is -0.922. The van der Waals surface area contributed by atoms with Crippen LogP contribution in [0, 0.1) is 13.8 Å². The van der Waals surface area contributed by atoms with Crippen LogP contribution in [0.4, 0.5) is 5.69 Å². The van der Waals surface area contributed by atoms with E-state index in [-0.39, 0.29) is 5.56 Å². The summed E-state index contributed by atoms with van der Waals surface area (Å²) in [6.07, 6.45) is 0. The topological polar surface area (TPSA) is 78.0 Å². The van der Waals surface area contributed by atoms with Crippen molar-refractivity contribution in [3.8, 4) is 0 Å². The van der Waals surface area contributed by atoms with Crippen LogP contribution in [0.3, 0.4) is 0 Å². The Morgan fingerprint density at radius 3 is 2.83 bits per heavy atom. The largest absolute Gasteiger partial charge is 0.478 e. The summed E-state index contributed by atoms with van der Waals surface area (Å²) in [6, 6.07) is 6.76. The predicted molar refractivity (Wildman–Crippen MR) is 68.8 cm³/mol. The van der Waals surface area contributed by atoms with Gasteiger partial charge in [-0.1, -0.05) is 6.07 Å². The molecule has 0 saturated heterocycles. The minimum Gasteiger partial charge on any atom is -0.478 e. The van der Waals surface area contributed by atoms with Gasteiger partial charge in [-0.25, -0.2) is 4.79 Å². The Morgan fingerprint density at radius 2 is 2.22 bits per heavy atom. The van der Waals surface area contributed by atoms with E-state index in [1.807, 2.05) is 19.9 Å². The van der Waals surface area contributed by atoms with Crippen LogP contribution in [-0.2, 0) is 6.54 Å². The average molecular weight is 245 g/mol. The summed E-state index contributed by atoms with van der Waals surface area (Å²) < 4.78 is 0. The molecule has 18 heavy (non-hydrogen) atoms. The Balaban J connectivity index is 2.11. The van der Waals surface area contributed by atoms with Crippen LogP contribution in [0.25, 0.3) is 0 Å². The number of aromatic nitrogens is 2. The first kappa shape index (κ1) is 12.2. The lowest BCUT2D eigenvalue weighted by molar-refractivity contribution is 0.0697. The van der Waals surface area contributed by atoms with Crippen LogP contribution in [0.1, 0.15) is 27.3 Å². The molecule has 0 aliphatic rings. The van der Waals surface area contributed by atoms with Gasteiger partial charge in [0.25, 0.3) is 0 Å². The summed E-state index contributed by atoms with van der Waals surface area (Å²) >= 11 is 0. The molecule has 0 saturated carbocycles. The zero-order valence-electron chi connectivity index (χ0n) is 10.3. The molecule has 5 heteroatoms. The van der Waals surface area contributed by atoms with Gasteiger partial charge in [-0.2, -0.15) is 5.10 Å². The van der Waals surface area contributed by atoms with Crippen LogP contribution in [-0.4, -0.2) is 21.3 Å². The van der Waals surface area contributed by atoms with E-state index >= 15 is 0 Å². The van der Waals surface area contributed by atoms with Crippen molar-refractivity contribution in [3.63, 3.8) is 0 Å². The molecule has 0 fully saturated rings. The lowest BCUT2D eigenvalue weighted by atomic mass is 10.1. The highest BCUT2D eigenvalue weighted by Crippen LogP contribution is 2.15. The molecule has 2 aromatic rings. The van der Waals surface area contributed by atoms with Crippen LogP contribution in [0.2, 0.25) is 0 Å². The molecule has 1 aromatic heterocycles. The van der Waals surface area contributed by atoms with Crippen LogP contribution < -0.4 is 5.32 Å². The zero-order valence-corrected chi connectivity index (χ0v) is 10.3. The molecule has 0 aliphatic heterocycles. The molecule has 0 spiro atoms. The van der Waals surface area contributed by atoms with E-state index in [9.17, 15) is 4.79 Å². The van der Waals surface area contributed by atoms with E-state index in [0.717, 1.165) is 22.6 Å². The van der Waals surface area contributed by atoms with Gasteiger partial charge in [0, 0.05) is 23.5 Å². The summed E-state index contributed by atoms with van der Waals surface area (Å²) in [4.78, 5) is 10.9. The second kappa shape index (κ2) is 4.91. The third-order valence-electron chi connectivity index (χ3n) is 2.86. The molecule has 1 heterocycles. The van der Waals surface area contributed by atoms with Crippen molar-refractivity contribution in [2.45, 2.75) is 20.4 Å². The van der Waals surface area contributed by atoms with E-state index in [2.05, 4.69) is 15.5 Å². The van der Waals surface area contributed by atoms with Crippen molar-refractivity contribution in [2.24, 2.45) is 0 Å². The highest BCUT2D eigenvalue weighted by Gasteiger charge is 2.07. The third kappa shape index (κ3) is 2.51. The highest BCUT2D eigenvalue weighted by molar-refractivity contribution is 5.88. The lowest BCUT2D eigenvalue weighted by Gasteiger charge is -2.07. The van der Waals surface area contributed by atoms with Gasteiger partial charge in [0.1, 0.15) is 0 Å². The number of aromatic amines is 1. The van der Waals surface area contributed by atoms with E-state index in [4.69, 9.17) is 5.11 Å². The third-order valence-corrected chi connectivity index (χ3v) is 2.86. The van der Waals surface area contributed by atoms with Crippen molar-refractivity contribution < 1.29 is 9.90 Å². The van der Waals surface area contributed by atoms with Gasteiger partial charge in [0.05, 0.1) is 11.3 Å². The number of carboxylic acids is 1. The number of carbonyl (C=O) groups is 1. The van der Waals surface area contributed by atoms with E-state index in [1.54, 1.807) is 18.2 Å². The molecule has 0 radical (unpaired) electrons. The Bertz CT molecular complexity index is 556. The molecule has 0 bridgehead atoms. The maximum absolute atomic E-state index is 10.9. The first-order chi connectivity index (χ1) is 8.58. The van der Waals surface area contributed by atoms with Crippen molar-refractivity contribution in [1.29, 1.82) is 0 Å². The number of hydrogen-bond acceptors (Lipinski definition) is 3. The number of aryl methyl sites for hydroxylation is 2. The number of carboxylic acid groups (broad SMARTS) is 1. The van der Waals surface area contributed by atoms with Gasteiger partial charge >= 0.3 is 5.97 Å². The smallest absolute Gasteiger partial charge is 0.335 e. The van der Waals surface area contributed by atoms with Crippen molar-refractivity contribution in [3.05, 3.63) is 46.8 Å². The summed E-state index contributed by atoms with van der Waals surface area (Å²) in [5.74, 6) is -0.922. The maximum atomic E-state index is 10.9. The first-order valence-electron chi connectivity index (χ1n) is 5.65. The molecular formula is C13H15N3O2. The summed E-state index contributed by atoms with van der Waals surface area (Å²) in [7, 11) is 0. The number of benzene rings is 1. The number of anilines is 1. The highest BCUT2D eigenvalue weighted by atomic mass is 16.4. The molecule has 94 valence electrons. The molecule has 0 aliphatic carbocycles. The monoisotopic (exact) mass is 245 g/mol. The molecule has 5 nitrogen and oxygen atoms in total. The van der Waals surface area contributed by atoms with Crippen molar-refractivity contribution >= 4 is 11.7 Å². The number of nitrogens with zero attached hydrogens (tertiary/aromatic N) is 1. The normalized spacial score (nSPS) is 10.3. The second-order valence-electron chi connectivity index (χ2n) is 4.15. The number of hydrogen-bond donors (Lipinski definition) is 3. The molecule has 1 aromatic carbocycles. The molecule has 0 amide bonds. The fourth-order valence-electron chi connectivity index (χ4n) is 1.79. The standard InChI is InChI=1S/C13H15N3O2/c1-8-12(9(2)16-15-8)7-14-11-5-3-4-10(6-11)13(17)18/h3-6,14H,7H2,1-2H3,(H,15,16)(H,17,18). The Morgan fingerprint density at radius 1 is 1.44 bits per heavy atom.